The molecule has 222 valence electrons. The van der Waals surface area contributed by atoms with Gasteiger partial charge >= 0.3 is 0 Å². The summed E-state index contributed by atoms with van der Waals surface area (Å²) in [6.07, 6.45) is 5.80. The van der Waals surface area contributed by atoms with Crippen molar-refractivity contribution in [3.63, 3.8) is 0 Å². The minimum atomic E-state index is -0.617. The van der Waals surface area contributed by atoms with Crippen molar-refractivity contribution in [3.05, 3.63) is 59.3 Å². The summed E-state index contributed by atoms with van der Waals surface area (Å²) in [6.45, 7) is 4.43. The molecule has 5 aliphatic rings. The van der Waals surface area contributed by atoms with Crippen LogP contribution in [0, 0.1) is 0 Å². The van der Waals surface area contributed by atoms with E-state index in [4.69, 9.17) is 19.4 Å². The molecule has 5 aliphatic heterocycles. The maximum Gasteiger partial charge on any atom is 0.255 e. The Labute approximate surface area is 249 Å². The zero-order chi connectivity index (χ0) is 29.1. The lowest BCUT2D eigenvalue weighted by Gasteiger charge is -2.34. The van der Waals surface area contributed by atoms with Crippen LogP contribution in [0.1, 0.15) is 53.6 Å². The smallest absolute Gasteiger partial charge is 0.255 e. The number of nitrogens with one attached hydrogen (secondary N) is 1. The molecule has 0 saturated carbocycles. The number of hydrogen-bond donors (Lipinski definition) is 1. The highest BCUT2D eigenvalue weighted by molar-refractivity contribution is 6.05. The van der Waals surface area contributed by atoms with Crippen LogP contribution >= 0.6 is 0 Å². The van der Waals surface area contributed by atoms with Gasteiger partial charge in [-0.2, -0.15) is 0 Å². The molecule has 3 amide bonds. The first-order chi connectivity index (χ1) is 21.0. The second-order valence-electron chi connectivity index (χ2n) is 12.4. The number of piperidine rings is 1. The molecule has 3 aromatic rings. The second-order valence-corrected chi connectivity index (χ2v) is 12.4. The fourth-order valence-electron chi connectivity index (χ4n) is 7.36. The van der Waals surface area contributed by atoms with Gasteiger partial charge < -0.3 is 19.3 Å². The molecule has 4 atom stereocenters. The highest BCUT2D eigenvalue weighted by Crippen LogP contribution is 2.33. The van der Waals surface area contributed by atoms with Gasteiger partial charge in [-0.25, -0.2) is 9.97 Å². The van der Waals surface area contributed by atoms with Crippen LogP contribution in [-0.4, -0.2) is 88.0 Å². The third-order valence-corrected chi connectivity index (χ3v) is 9.54. The van der Waals surface area contributed by atoms with Crippen LogP contribution in [0.2, 0.25) is 0 Å². The van der Waals surface area contributed by atoms with Crippen molar-refractivity contribution in [2.24, 2.45) is 0 Å². The number of morpholine rings is 1. The monoisotopic (exact) mass is 582 g/mol. The highest BCUT2D eigenvalue weighted by Gasteiger charge is 2.40. The molecule has 0 spiro atoms. The van der Waals surface area contributed by atoms with Crippen molar-refractivity contribution >= 4 is 34.6 Å². The Hall–Kier alpha value is -4.09. The molecule has 11 nitrogen and oxygen atoms in total. The van der Waals surface area contributed by atoms with Crippen LogP contribution in [0.25, 0.3) is 10.9 Å². The average molecular weight is 583 g/mol. The summed E-state index contributed by atoms with van der Waals surface area (Å²) < 4.78 is 12.1. The first-order valence-electron chi connectivity index (χ1n) is 15.3. The minimum absolute atomic E-state index is 0.0524. The van der Waals surface area contributed by atoms with Gasteiger partial charge in [-0.1, -0.05) is 6.07 Å². The molecule has 4 fully saturated rings. The summed E-state index contributed by atoms with van der Waals surface area (Å²) >= 11 is 0. The van der Waals surface area contributed by atoms with E-state index in [2.05, 4.69) is 33.3 Å². The first-order valence-corrected chi connectivity index (χ1v) is 15.3. The van der Waals surface area contributed by atoms with Gasteiger partial charge in [0.1, 0.15) is 17.9 Å². The summed E-state index contributed by atoms with van der Waals surface area (Å²) in [5, 5.41) is 3.40. The number of anilines is 1. The molecule has 2 bridgehead atoms. The summed E-state index contributed by atoms with van der Waals surface area (Å²) in [5.41, 5.74) is 3.63. The fraction of sp³-hybridized carbons (Fsp3) is 0.469. The number of carbonyl (C=O) groups is 3. The van der Waals surface area contributed by atoms with E-state index in [1.165, 1.54) is 5.56 Å². The van der Waals surface area contributed by atoms with Crippen LogP contribution in [-0.2, 0) is 27.4 Å². The third-order valence-electron chi connectivity index (χ3n) is 9.54. The molecule has 0 aliphatic carbocycles. The molecular formula is C32H34N6O5. The van der Waals surface area contributed by atoms with E-state index in [9.17, 15) is 14.4 Å². The van der Waals surface area contributed by atoms with Crippen LogP contribution in [0.5, 0.6) is 5.75 Å². The molecule has 2 aromatic carbocycles. The van der Waals surface area contributed by atoms with E-state index in [1.54, 1.807) is 11.0 Å². The molecule has 1 unspecified atom stereocenters. The fourth-order valence-corrected chi connectivity index (χ4v) is 7.36. The normalized spacial score (nSPS) is 27.2. The SMILES string of the molecule is O=C1CCC(N2Cc3cc(O[C@H]4CCN(Cc5ccc6nc(N7[C@@H]8CC[C@H]7COC8)ncc6c5)C4)ccc3C2=O)C(=O)N1. The molecule has 6 heterocycles. The Kier molecular flexibility index (Phi) is 6.52. The largest absolute Gasteiger partial charge is 0.489 e. The number of hydrogen-bond acceptors (Lipinski definition) is 9. The lowest BCUT2D eigenvalue weighted by Crippen LogP contribution is -2.52. The number of rotatable bonds is 6. The van der Waals surface area contributed by atoms with Gasteiger partial charge in [-0.3, -0.25) is 24.6 Å². The lowest BCUT2D eigenvalue weighted by atomic mass is 10.0. The van der Waals surface area contributed by atoms with E-state index in [0.29, 0.717) is 30.6 Å². The molecular weight excluding hydrogens is 548 g/mol. The van der Waals surface area contributed by atoms with Crippen LogP contribution in [0.3, 0.4) is 0 Å². The zero-order valence-electron chi connectivity index (χ0n) is 23.9. The van der Waals surface area contributed by atoms with E-state index >= 15 is 0 Å². The molecule has 0 radical (unpaired) electrons. The molecule has 43 heavy (non-hydrogen) atoms. The van der Waals surface area contributed by atoms with Gasteiger partial charge in [0.05, 0.1) is 30.8 Å². The van der Waals surface area contributed by atoms with Crippen LogP contribution in [0.15, 0.2) is 42.6 Å². The van der Waals surface area contributed by atoms with E-state index in [-0.39, 0.29) is 24.3 Å². The predicted molar refractivity (Wildman–Crippen MR) is 156 cm³/mol. The van der Waals surface area contributed by atoms with Crippen molar-refractivity contribution in [1.29, 1.82) is 0 Å². The Morgan fingerprint density at radius 2 is 1.86 bits per heavy atom. The van der Waals surface area contributed by atoms with Crippen molar-refractivity contribution in [2.75, 3.05) is 31.2 Å². The van der Waals surface area contributed by atoms with Crippen molar-refractivity contribution < 1.29 is 23.9 Å². The number of fused-ring (bicyclic) bond motifs is 4. The zero-order valence-corrected chi connectivity index (χ0v) is 23.9. The van der Waals surface area contributed by atoms with Crippen molar-refractivity contribution in [2.45, 2.75) is 69.4 Å². The van der Waals surface area contributed by atoms with Gasteiger partial charge in [-0.05, 0) is 67.1 Å². The number of aromatic nitrogens is 2. The summed E-state index contributed by atoms with van der Waals surface area (Å²) in [4.78, 5) is 52.8. The second kappa shape index (κ2) is 10.6. The molecule has 11 heteroatoms. The average Bonchev–Trinajstić information content (AvgIpc) is 3.65. The number of benzene rings is 2. The van der Waals surface area contributed by atoms with Gasteiger partial charge in [0.25, 0.3) is 5.91 Å². The van der Waals surface area contributed by atoms with E-state index in [1.807, 2.05) is 18.3 Å². The number of carbonyl (C=O) groups excluding carboxylic acids is 3. The van der Waals surface area contributed by atoms with E-state index < -0.39 is 11.9 Å². The predicted octanol–water partition coefficient (Wildman–Crippen LogP) is 2.41. The number of amides is 3. The van der Waals surface area contributed by atoms with Crippen molar-refractivity contribution in [3.8, 4) is 5.75 Å². The maximum atomic E-state index is 13.0. The number of imide groups is 1. The van der Waals surface area contributed by atoms with Crippen LogP contribution in [0.4, 0.5) is 5.95 Å². The highest BCUT2D eigenvalue weighted by atomic mass is 16.5. The Balaban J connectivity index is 0.889. The molecule has 8 rings (SSSR count). The Morgan fingerprint density at radius 3 is 2.70 bits per heavy atom. The van der Waals surface area contributed by atoms with Gasteiger partial charge in [0.2, 0.25) is 17.8 Å². The standard InChI is InChI=1S/C32H34N6O5/c39-29-8-7-28(30(40)35-29)37-15-21-12-24(4-5-26(21)31(37)41)43-25-9-10-36(16-25)14-19-1-6-27-20(11-19)13-33-32(34-27)38-22-2-3-23(38)18-42-17-22/h1,4-6,11-13,22-23,25,28H,2-3,7-10,14-18H2,(H,35,39,40)/t22-,23+,25-,28?/m0/s1. The molecule has 1 aromatic heterocycles. The Morgan fingerprint density at radius 1 is 1.00 bits per heavy atom. The number of nitrogens with zero attached hydrogens (tertiary/aromatic N) is 5. The maximum absolute atomic E-state index is 13.0. The van der Waals surface area contributed by atoms with Gasteiger partial charge in [0.15, 0.2) is 0 Å². The summed E-state index contributed by atoms with van der Waals surface area (Å²) in [6, 6.07) is 12.1. The minimum Gasteiger partial charge on any atom is -0.489 e. The quantitative estimate of drug-likeness (QED) is 0.438. The molecule has 4 saturated heterocycles. The van der Waals surface area contributed by atoms with Crippen LogP contribution < -0.4 is 15.0 Å². The third kappa shape index (κ3) is 4.90. The lowest BCUT2D eigenvalue weighted by molar-refractivity contribution is -0.136. The Bertz CT molecular complexity index is 1610. The number of ether oxygens (including phenoxy) is 2. The first kappa shape index (κ1) is 26.5. The summed E-state index contributed by atoms with van der Waals surface area (Å²) in [5.74, 6) is 0.688. The number of likely N-dealkylation sites (tertiary alicyclic amines) is 1. The van der Waals surface area contributed by atoms with Gasteiger partial charge in [-0.15, -0.1) is 0 Å². The van der Waals surface area contributed by atoms with Crippen molar-refractivity contribution in [1.82, 2.24) is 25.1 Å². The summed E-state index contributed by atoms with van der Waals surface area (Å²) in [7, 11) is 0. The van der Waals surface area contributed by atoms with E-state index in [0.717, 1.165) is 80.3 Å². The molecule has 1 N–H and O–H groups in total. The van der Waals surface area contributed by atoms with Gasteiger partial charge in [0, 0.05) is 49.7 Å². The topological polar surface area (TPSA) is 117 Å².